The summed E-state index contributed by atoms with van der Waals surface area (Å²) in [7, 11) is 1.60. The van der Waals surface area contributed by atoms with Crippen LogP contribution < -0.4 is 15.6 Å². The van der Waals surface area contributed by atoms with Crippen LogP contribution in [0.5, 0.6) is 0 Å². The molecule has 0 saturated carbocycles. The molecule has 0 unspecified atom stereocenters. The van der Waals surface area contributed by atoms with E-state index in [1.165, 1.54) is 22.9 Å². The number of halogens is 2. The third-order valence-electron chi connectivity index (χ3n) is 6.29. The van der Waals surface area contributed by atoms with Crippen LogP contribution in [-0.2, 0) is 11.8 Å². The molecule has 0 spiro atoms. The van der Waals surface area contributed by atoms with E-state index < -0.39 is 23.0 Å². The summed E-state index contributed by atoms with van der Waals surface area (Å²) in [6, 6.07) is 12.2. The molecule has 1 aliphatic rings. The lowest BCUT2D eigenvalue weighted by atomic mass is 10.0. The van der Waals surface area contributed by atoms with E-state index in [0.29, 0.717) is 19.6 Å². The van der Waals surface area contributed by atoms with Gasteiger partial charge in [0.25, 0.3) is 0 Å². The topological polar surface area (TPSA) is 76.5 Å². The lowest BCUT2D eigenvalue weighted by Gasteiger charge is -2.36. The SMILES string of the molecule is CCOC(=O)c1cn(C)c2nc3c(F)c(N4CCN[C@H](c5ccccc5)C4)c(F)cc3cc2c1=O. The van der Waals surface area contributed by atoms with E-state index in [-0.39, 0.29) is 45.8 Å². The number of nitrogens with zero attached hydrogens (tertiary/aromatic N) is 3. The second-order valence-corrected chi connectivity index (χ2v) is 8.52. The summed E-state index contributed by atoms with van der Waals surface area (Å²) in [5, 5.41) is 3.62. The first-order chi connectivity index (χ1) is 16.9. The summed E-state index contributed by atoms with van der Waals surface area (Å²) in [6.45, 7) is 3.14. The van der Waals surface area contributed by atoms with Crippen LogP contribution in [0.4, 0.5) is 14.5 Å². The highest BCUT2D eigenvalue weighted by Gasteiger charge is 2.27. The van der Waals surface area contributed by atoms with Crippen LogP contribution in [-0.4, -0.2) is 41.8 Å². The minimum Gasteiger partial charge on any atom is -0.462 e. The normalized spacial score (nSPS) is 16.1. The van der Waals surface area contributed by atoms with Gasteiger partial charge in [0.05, 0.1) is 12.0 Å². The fraction of sp³-hybridized carbons (Fsp3) is 0.269. The van der Waals surface area contributed by atoms with E-state index >= 15 is 8.78 Å². The van der Waals surface area contributed by atoms with Crippen molar-refractivity contribution >= 4 is 33.6 Å². The minimum absolute atomic E-state index is 0.0393. The Kier molecular flexibility index (Phi) is 5.94. The quantitative estimate of drug-likeness (QED) is 0.356. The van der Waals surface area contributed by atoms with Crippen molar-refractivity contribution in [2.75, 3.05) is 31.1 Å². The van der Waals surface area contributed by atoms with Crippen molar-refractivity contribution in [2.45, 2.75) is 13.0 Å². The molecule has 2 aromatic heterocycles. The number of carbonyl (C=O) groups excluding carboxylic acids is 1. The molecule has 1 saturated heterocycles. The van der Waals surface area contributed by atoms with Gasteiger partial charge < -0.3 is 19.5 Å². The molecule has 1 fully saturated rings. The van der Waals surface area contributed by atoms with Crippen LogP contribution in [0.15, 0.2) is 53.5 Å². The lowest BCUT2D eigenvalue weighted by Crippen LogP contribution is -2.46. The number of hydrogen-bond acceptors (Lipinski definition) is 6. The van der Waals surface area contributed by atoms with Crippen LogP contribution >= 0.6 is 0 Å². The highest BCUT2D eigenvalue weighted by molar-refractivity contribution is 5.97. The maximum Gasteiger partial charge on any atom is 0.343 e. The van der Waals surface area contributed by atoms with Gasteiger partial charge in [0, 0.05) is 44.3 Å². The van der Waals surface area contributed by atoms with E-state index in [1.54, 1.807) is 18.9 Å². The van der Waals surface area contributed by atoms with Crippen molar-refractivity contribution in [3.8, 4) is 0 Å². The van der Waals surface area contributed by atoms with Gasteiger partial charge in [0.15, 0.2) is 5.82 Å². The monoisotopic (exact) mass is 478 g/mol. The fourth-order valence-electron chi connectivity index (χ4n) is 4.63. The third-order valence-corrected chi connectivity index (χ3v) is 6.29. The molecular formula is C26H24F2N4O3. The number of fused-ring (bicyclic) bond motifs is 2. The van der Waals surface area contributed by atoms with E-state index in [1.807, 2.05) is 30.3 Å². The van der Waals surface area contributed by atoms with Crippen molar-refractivity contribution in [1.29, 1.82) is 0 Å². The molecule has 180 valence electrons. The number of piperazine rings is 1. The fourth-order valence-corrected chi connectivity index (χ4v) is 4.63. The number of rotatable bonds is 4. The first kappa shape index (κ1) is 22.9. The number of aromatic nitrogens is 2. The van der Waals surface area contributed by atoms with E-state index in [0.717, 1.165) is 5.56 Å². The molecule has 3 heterocycles. The van der Waals surface area contributed by atoms with Gasteiger partial charge in [0.2, 0.25) is 5.43 Å². The van der Waals surface area contributed by atoms with E-state index in [2.05, 4.69) is 10.3 Å². The van der Waals surface area contributed by atoms with Gasteiger partial charge in [-0.05, 0) is 24.6 Å². The third kappa shape index (κ3) is 4.01. The molecule has 0 aliphatic carbocycles. The van der Waals surface area contributed by atoms with Gasteiger partial charge >= 0.3 is 5.97 Å². The Hall–Kier alpha value is -3.85. The Morgan fingerprint density at radius 1 is 1.23 bits per heavy atom. The van der Waals surface area contributed by atoms with E-state index in [4.69, 9.17) is 4.74 Å². The highest BCUT2D eigenvalue weighted by atomic mass is 19.1. The van der Waals surface area contributed by atoms with Gasteiger partial charge in [-0.1, -0.05) is 30.3 Å². The molecule has 1 N–H and O–H groups in total. The Morgan fingerprint density at radius 3 is 2.74 bits per heavy atom. The van der Waals surface area contributed by atoms with Crippen LogP contribution in [0, 0.1) is 11.6 Å². The van der Waals surface area contributed by atoms with Gasteiger partial charge in [0.1, 0.15) is 28.2 Å². The zero-order valence-corrected chi connectivity index (χ0v) is 19.3. The molecule has 2 aromatic carbocycles. The Morgan fingerprint density at radius 2 is 2.00 bits per heavy atom. The summed E-state index contributed by atoms with van der Waals surface area (Å²) >= 11 is 0. The standard InChI is InChI=1S/C26H24F2N4O3/c1-3-35-26(34)18-13-31(2)25-17(24(18)33)11-16-12-19(27)23(21(28)22(16)30-25)32-10-9-29-20(14-32)15-7-5-4-6-8-15/h4-8,11-13,20,29H,3,9-10,14H2,1-2H3/t20-/m0/s1. The molecule has 5 rings (SSSR count). The number of esters is 1. The maximum atomic E-state index is 15.8. The number of pyridine rings is 2. The number of aryl methyl sites for hydroxylation is 1. The zero-order valence-electron chi connectivity index (χ0n) is 19.3. The van der Waals surface area contributed by atoms with Gasteiger partial charge in [-0.2, -0.15) is 0 Å². The summed E-state index contributed by atoms with van der Waals surface area (Å²) in [4.78, 5) is 31.2. The highest BCUT2D eigenvalue weighted by Crippen LogP contribution is 2.33. The van der Waals surface area contributed by atoms with Crippen molar-refractivity contribution in [3.63, 3.8) is 0 Å². The first-order valence-electron chi connectivity index (χ1n) is 11.4. The largest absolute Gasteiger partial charge is 0.462 e. The molecule has 0 bridgehead atoms. The minimum atomic E-state index is -0.780. The van der Waals surface area contributed by atoms with Crippen LogP contribution in [0.2, 0.25) is 0 Å². The number of ether oxygens (including phenoxy) is 1. The molecule has 0 amide bonds. The van der Waals surface area contributed by atoms with Crippen LogP contribution in [0.1, 0.15) is 28.9 Å². The number of anilines is 1. The van der Waals surface area contributed by atoms with Crippen molar-refractivity contribution in [1.82, 2.24) is 14.9 Å². The average molecular weight is 478 g/mol. The number of hydrogen-bond donors (Lipinski definition) is 1. The summed E-state index contributed by atoms with van der Waals surface area (Å²) in [6.07, 6.45) is 1.32. The number of benzene rings is 2. The molecule has 9 heteroatoms. The molecule has 4 aromatic rings. The molecule has 1 aliphatic heterocycles. The molecule has 0 radical (unpaired) electrons. The van der Waals surface area contributed by atoms with Gasteiger partial charge in [-0.25, -0.2) is 18.6 Å². The Bertz CT molecular complexity index is 1500. The molecule has 35 heavy (non-hydrogen) atoms. The summed E-state index contributed by atoms with van der Waals surface area (Å²) in [5.74, 6) is -2.27. The van der Waals surface area contributed by atoms with Crippen LogP contribution in [0.25, 0.3) is 21.9 Å². The van der Waals surface area contributed by atoms with Crippen molar-refractivity contribution in [3.05, 3.63) is 81.6 Å². The van der Waals surface area contributed by atoms with Crippen LogP contribution in [0.3, 0.4) is 0 Å². The van der Waals surface area contributed by atoms with Crippen molar-refractivity contribution in [2.24, 2.45) is 7.05 Å². The predicted octanol–water partition coefficient (Wildman–Crippen LogP) is 3.69. The second-order valence-electron chi connectivity index (χ2n) is 8.52. The molecule has 7 nitrogen and oxygen atoms in total. The molecule has 1 atom stereocenters. The average Bonchev–Trinajstić information content (AvgIpc) is 2.86. The molecular weight excluding hydrogens is 454 g/mol. The summed E-state index contributed by atoms with van der Waals surface area (Å²) < 4.78 is 37.5. The second kappa shape index (κ2) is 9.07. The maximum absolute atomic E-state index is 15.8. The van der Waals surface area contributed by atoms with Gasteiger partial charge in [-0.3, -0.25) is 4.79 Å². The van der Waals surface area contributed by atoms with E-state index in [9.17, 15) is 9.59 Å². The Balaban J connectivity index is 1.61. The smallest absolute Gasteiger partial charge is 0.343 e. The first-order valence-corrected chi connectivity index (χ1v) is 11.4. The predicted molar refractivity (Wildman–Crippen MR) is 130 cm³/mol. The van der Waals surface area contributed by atoms with Gasteiger partial charge in [-0.15, -0.1) is 0 Å². The number of carbonyl (C=O) groups is 1. The summed E-state index contributed by atoms with van der Waals surface area (Å²) in [5.41, 5.74) is 0.296. The number of nitrogens with one attached hydrogen (secondary N) is 1. The zero-order chi connectivity index (χ0) is 24.7. The van der Waals surface area contributed by atoms with Crippen molar-refractivity contribution < 1.29 is 18.3 Å². The lowest BCUT2D eigenvalue weighted by molar-refractivity contribution is 0.0524. The Labute approximate surface area is 199 Å².